The Morgan fingerprint density at radius 1 is 1.19 bits per heavy atom. The molecule has 0 spiro atoms. The van der Waals surface area contributed by atoms with Crippen molar-refractivity contribution in [3.05, 3.63) is 64.1 Å². The standard InChI is InChI=1S/C21H25N3O2/c1-14(18-12-16-7-8-17(18)11-16)22-21(26)19-9-10-20(25)24(23-19)13-15-5-3-2-4-6-15/h2-6,9-10,14,16-18H,7-8,11-13H2,1H3,(H,22,26)/t14-,16+,17+,18+/m1/s1. The molecule has 2 fully saturated rings. The van der Waals surface area contributed by atoms with Crippen LogP contribution in [0.3, 0.4) is 0 Å². The van der Waals surface area contributed by atoms with Crippen LogP contribution in [0.25, 0.3) is 0 Å². The van der Waals surface area contributed by atoms with E-state index in [9.17, 15) is 9.59 Å². The van der Waals surface area contributed by atoms with Crippen molar-refractivity contribution in [2.45, 2.75) is 45.2 Å². The number of carbonyl (C=O) groups excluding carboxylic acids is 1. The molecule has 5 heteroatoms. The molecule has 2 aliphatic rings. The first-order valence-electron chi connectivity index (χ1n) is 9.53. The summed E-state index contributed by atoms with van der Waals surface area (Å²) in [7, 11) is 0. The van der Waals surface area contributed by atoms with Gasteiger partial charge in [-0.2, -0.15) is 5.10 Å². The van der Waals surface area contributed by atoms with Gasteiger partial charge in [-0.3, -0.25) is 9.59 Å². The van der Waals surface area contributed by atoms with E-state index in [-0.39, 0.29) is 17.5 Å². The lowest BCUT2D eigenvalue weighted by Gasteiger charge is -2.28. The van der Waals surface area contributed by atoms with Gasteiger partial charge in [-0.25, -0.2) is 4.68 Å². The second-order valence-electron chi connectivity index (χ2n) is 7.80. The molecule has 26 heavy (non-hydrogen) atoms. The molecule has 0 radical (unpaired) electrons. The number of nitrogens with one attached hydrogen (secondary N) is 1. The quantitative estimate of drug-likeness (QED) is 0.901. The monoisotopic (exact) mass is 351 g/mol. The minimum absolute atomic E-state index is 0.147. The van der Waals surface area contributed by atoms with E-state index in [0.29, 0.717) is 18.2 Å². The molecule has 4 rings (SSSR count). The molecule has 1 aromatic heterocycles. The lowest BCUT2D eigenvalue weighted by Crippen LogP contribution is -2.41. The second kappa shape index (κ2) is 7.06. The van der Waals surface area contributed by atoms with E-state index in [1.165, 1.54) is 42.5 Å². The zero-order valence-corrected chi connectivity index (χ0v) is 15.1. The summed E-state index contributed by atoms with van der Waals surface area (Å²) in [5, 5.41) is 7.40. The Kier molecular flexibility index (Phi) is 4.62. The van der Waals surface area contributed by atoms with Gasteiger partial charge in [0.15, 0.2) is 0 Å². The fourth-order valence-electron chi connectivity index (χ4n) is 4.73. The van der Waals surface area contributed by atoms with Gasteiger partial charge >= 0.3 is 0 Å². The van der Waals surface area contributed by atoms with Crippen molar-refractivity contribution >= 4 is 5.91 Å². The fourth-order valence-corrected chi connectivity index (χ4v) is 4.73. The molecule has 2 bridgehead atoms. The summed E-state index contributed by atoms with van der Waals surface area (Å²) in [6, 6.07) is 12.8. The maximum Gasteiger partial charge on any atom is 0.271 e. The Bertz CT molecular complexity index is 846. The minimum Gasteiger partial charge on any atom is -0.348 e. The van der Waals surface area contributed by atoms with Crippen molar-refractivity contribution in [3.63, 3.8) is 0 Å². The first-order chi connectivity index (χ1) is 12.6. The minimum atomic E-state index is -0.202. The van der Waals surface area contributed by atoms with Crippen LogP contribution in [0.15, 0.2) is 47.3 Å². The molecule has 0 aliphatic heterocycles. The zero-order valence-electron chi connectivity index (χ0n) is 15.1. The van der Waals surface area contributed by atoms with E-state index in [1.807, 2.05) is 30.3 Å². The van der Waals surface area contributed by atoms with Gasteiger partial charge in [-0.05, 0) is 55.6 Å². The van der Waals surface area contributed by atoms with E-state index < -0.39 is 0 Å². The third kappa shape index (κ3) is 3.43. The van der Waals surface area contributed by atoms with Crippen LogP contribution in [0, 0.1) is 17.8 Å². The Morgan fingerprint density at radius 2 is 2.00 bits per heavy atom. The molecule has 1 heterocycles. The molecular formula is C21H25N3O2. The Morgan fingerprint density at radius 3 is 2.69 bits per heavy atom. The number of nitrogens with zero attached hydrogens (tertiary/aromatic N) is 2. The van der Waals surface area contributed by atoms with E-state index >= 15 is 0 Å². The number of hydrogen-bond donors (Lipinski definition) is 1. The summed E-state index contributed by atoms with van der Waals surface area (Å²) in [4.78, 5) is 24.7. The molecule has 4 atom stereocenters. The van der Waals surface area contributed by atoms with Gasteiger partial charge in [-0.1, -0.05) is 36.8 Å². The average Bonchev–Trinajstić information content (AvgIpc) is 3.28. The molecule has 1 N–H and O–H groups in total. The molecule has 2 saturated carbocycles. The van der Waals surface area contributed by atoms with Crippen molar-refractivity contribution in [1.82, 2.24) is 15.1 Å². The third-order valence-corrected chi connectivity index (χ3v) is 6.07. The number of hydrogen-bond acceptors (Lipinski definition) is 3. The van der Waals surface area contributed by atoms with Crippen LogP contribution in [0.2, 0.25) is 0 Å². The highest BCUT2D eigenvalue weighted by molar-refractivity contribution is 5.92. The predicted molar refractivity (Wildman–Crippen MR) is 99.9 cm³/mol. The topological polar surface area (TPSA) is 64.0 Å². The lowest BCUT2D eigenvalue weighted by molar-refractivity contribution is 0.0907. The largest absolute Gasteiger partial charge is 0.348 e. The van der Waals surface area contributed by atoms with E-state index in [0.717, 1.165) is 17.4 Å². The van der Waals surface area contributed by atoms with Crippen molar-refractivity contribution in [2.75, 3.05) is 0 Å². The third-order valence-electron chi connectivity index (χ3n) is 6.07. The Labute approximate surface area is 153 Å². The van der Waals surface area contributed by atoms with Crippen molar-refractivity contribution < 1.29 is 4.79 Å². The van der Waals surface area contributed by atoms with E-state index in [1.54, 1.807) is 0 Å². The number of benzene rings is 1. The molecule has 0 saturated heterocycles. The second-order valence-corrected chi connectivity index (χ2v) is 7.80. The molecule has 2 aliphatic carbocycles. The van der Waals surface area contributed by atoms with Crippen molar-refractivity contribution in [2.24, 2.45) is 17.8 Å². The number of aromatic nitrogens is 2. The van der Waals surface area contributed by atoms with Gasteiger partial charge in [-0.15, -0.1) is 0 Å². The van der Waals surface area contributed by atoms with Gasteiger partial charge in [0, 0.05) is 12.1 Å². The molecule has 5 nitrogen and oxygen atoms in total. The summed E-state index contributed by atoms with van der Waals surface area (Å²) in [5.74, 6) is 2.00. The SMILES string of the molecule is C[C@@H](NC(=O)c1ccc(=O)n(Cc2ccccc2)n1)[C@@H]1C[C@H]2CC[C@H]1C2. The van der Waals surface area contributed by atoms with Crippen LogP contribution in [-0.2, 0) is 6.54 Å². The predicted octanol–water partition coefficient (Wildman–Crippen LogP) is 2.85. The first kappa shape index (κ1) is 17.0. The smallest absolute Gasteiger partial charge is 0.271 e. The van der Waals surface area contributed by atoms with Crippen LogP contribution < -0.4 is 10.9 Å². The summed E-state index contributed by atoms with van der Waals surface area (Å²) in [6.07, 6.45) is 5.21. The van der Waals surface area contributed by atoms with E-state index in [4.69, 9.17) is 0 Å². The summed E-state index contributed by atoms with van der Waals surface area (Å²) >= 11 is 0. The molecule has 2 aromatic rings. The van der Waals surface area contributed by atoms with Crippen LogP contribution in [-0.4, -0.2) is 21.7 Å². The number of amides is 1. The highest BCUT2D eigenvalue weighted by atomic mass is 16.2. The summed E-state index contributed by atoms with van der Waals surface area (Å²) in [5.41, 5.74) is 1.08. The number of carbonyl (C=O) groups is 1. The van der Waals surface area contributed by atoms with Gasteiger partial charge in [0.25, 0.3) is 11.5 Å². The van der Waals surface area contributed by atoms with E-state index in [2.05, 4.69) is 17.3 Å². The molecule has 0 unspecified atom stereocenters. The Balaban J connectivity index is 1.46. The number of rotatable bonds is 5. The Hall–Kier alpha value is -2.43. The zero-order chi connectivity index (χ0) is 18.1. The van der Waals surface area contributed by atoms with Crippen LogP contribution in [0.5, 0.6) is 0 Å². The normalized spacial score (nSPS) is 25.2. The molecule has 136 valence electrons. The van der Waals surface area contributed by atoms with Crippen LogP contribution in [0.1, 0.15) is 48.7 Å². The molecule has 1 aromatic carbocycles. The van der Waals surface area contributed by atoms with Gasteiger partial charge in [0.2, 0.25) is 0 Å². The maximum absolute atomic E-state index is 12.6. The van der Waals surface area contributed by atoms with Gasteiger partial charge < -0.3 is 5.32 Å². The summed E-state index contributed by atoms with van der Waals surface area (Å²) in [6.45, 7) is 2.46. The molecule has 1 amide bonds. The first-order valence-corrected chi connectivity index (χ1v) is 9.53. The number of fused-ring (bicyclic) bond motifs is 2. The maximum atomic E-state index is 12.6. The summed E-state index contributed by atoms with van der Waals surface area (Å²) < 4.78 is 1.35. The lowest BCUT2D eigenvalue weighted by atomic mass is 9.84. The average molecular weight is 351 g/mol. The van der Waals surface area contributed by atoms with Gasteiger partial charge in [0.1, 0.15) is 5.69 Å². The molecular weight excluding hydrogens is 326 g/mol. The fraction of sp³-hybridized carbons (Fsp3) is 0.476. The highest BCUT2D eigenvalue weighted by Crippen LogP contribution is 2.49. The van der Waals surface area contributed by atoms with Gasteiger partial charge in [0.05, 0.1) is 6.54 Å². The van der Waals surface area contributed by atoms with Crippen LogP contribution >= 0.6 is 0 Å². The van der Waals surface area contributed by atoms with Crippen molar-refractivity contribution in [1.29, 1.82) is 0 Å². The van der Waals surface area contributed by atoms with Crippen LogP contribution in [0.4, 0.5) is 0 Å². The van der Waals surface area contributed by atoms with Crippen molar-refractivity contribution in [3.8, 4) is 0 Å². The highest BCUT2D eigenvalue weighted by Gasteiger charge is 2.42.